The highest BCUT2D eigenvalue weighted by Crippen LogP contribution is 2.58. The molecule has 1 amide bonds. The number of benzene rings is 1. The minimum Gasteiger partial charge on any atom is -0.356 e. The number of carbonyl (C=O) groups excluding carboxylic acids is 1. The average molecular weight is 309 g/mol. The normalized spacial score (nSPS) is 22.4. The third kappa shape index (κ3) is 3.78. The first kappa shape index (κ1) is 16.3. The molecule has 0 radical (unpaired) electrons. The summed E-state index contributed by atoms with van der Waals surface area (Å²) in [5.74, 6) is 0.557. The number of amides is 1. The lowest BCUT2D eigenvalue weighted by Crippen LogP contribution is -2.34. The fourth-order valence-electron chi connectivity index (χ4n) is 3.52. The van der Waals surface area contributed by atoms with Gasteiger partial charge in [-0.15, -0.1) is 12.4 Å². The molecule has 1 saturated carbocycles. The Bertz CT molecular complexity index is 497. The molecule has 3 nitrogen and oxygen atoms in total. The van der Waals surface area contributed by atoms with Gasteiger partial charge in [-0.25, -0.2) is 0 Å². The van der Waals surface area contributed by atoms with Gasteiger partial charge in [-0.2, -0.15) is 0 Å². The van der Waals surface area contributed by atoms with Gasteiger partial charge in [0.15, 0.2) is 0 Å². The molecule has 1 spiro atoms. The third-order valence-electron chi connectivity index (χ3n) is 4.90. The van der Waals surface area contributed by atoms with Gasteiger partial charge < -0.3 is 10.6 Å². The Balaban J connectivity index is 0.00000161. The molecule has 2 N–H and O–H groups in total. The second kappa shape index (κ2) is 6.80. The zero-order valence-corrected chi connectivity index (χ0v) is 13.5. The van der Waals surface area contributed by atoms with Gasteiger partial charge in [0.2, 0.25) is 5.91 Å². The van der Waals surface area contributed by atoms with Crippen molar-refractivity contribution >= 4 is 18.3 Å². The van der Waals surface area contributed by atoms with Crippen molar-refractivity contribution in [2.75, 3.05) is 19.6 Å². The Hall–Kier alpha value is -1.06. The summed E-state index contributed by atoms with van der Waals surface area (Å²) in [4.78, 5) is 12.2. The van der Waals surface area contributed by atoms with E-state index in [0.29, 0.717) is 5.41 Å². The molecule has 1 aliphatic carbocycles. The Kier molecular flexibility index (Phi) is 5.28. The standard InChI is InChI=1S/C17H24N2O.ClH/c1-13-3-2-4-14(11-13)5-8-19-16(20)15-12-17(15)6-9-18-10-7-17;/h2-4,11,15,18H,5-10,12H2,1H3,(H,19,20);1H. The molecular weight excluding hydrogens is 284 g/mol. The quantitative estimate of drug-likeness (QED) is 0.897. The van der Waals surface area contributed by atoms with Crippen molar-refractivity contribution in [3.8, 4) is 0 Å². The Morgan fingerprint density at radius 1 is 1.38 bits per heavy atom. The van der Waals surface area contributed by atoms with E-state index >= 15 is 0 Å². The molecule has 1 aromatic rings. The zero-order chi connectivity index (χ0) is 14.0. The summed E-state index contributed by atoms with van der Waals surface area (Å²) < 4.78 is 0. The van der Waals surface area contributed by atoms with Crippen molar-refractivity contribution in [3.05, 3.63) is 35.4 Å². The highest BCUT2D eigenvalue weighted by molar-refractivity contribution is 5.85. The molecule has 1 unspecified atom stereocenters. The summed E-state index contributed by atoms with van der Waals surface area (Å²) in [6, 6.07) is 8.51. The predicted molar refractivity (Wildman–Crippen MR) is 87.8 cm³/mol. The van der Waals surface area contributed by atoms with Crippen molar-refractivity contribution < 1.29 is 4.79 Å². The minimum atomic E-state index is 0. The average Bonchev–Trinajstić information content (AvgIpc) is 3.13. The highest BCUT2D eigenvalue weighted by atomic mass is 35.5. The van der Waals surface area contributed by atoms with Crippen LogP contribution in [0.5, 0.6) is 0 Å². The van der Waals surface area contributed by atoms with Gasteiger partial charge in [0.25, 0.3) is 0 Å². The van der Waals surface area contributed by atoms with Crippen LogP contribution in [0.25, 0.3) is 0 Å². The van der Waals surface area contributed by atoms with Crippen molar-refractivity contribution in [2.24, 2.45) is 11.3 Å². The number of rotatable bonds is 4. The molecule has 0 bridgehead atoms. The van der Waals surface area contributed by atoms with Gasteiger partial charge in [-0.05, 0) is 56.7 Å². The first-order valence-corrected chi connectivity index (χ1v) is 7.74. The summed E-state index contributed by atoms with van der Waals surface area (Å²) in [5.41, 5.74) is 2.93. The van der Waals surface area contributed by atoms with E-state index in [4.69, 9.17) is 0 Å². The molecule has 116 valence electrons. The number of halogens is 1. The van der Waals surface area contributed by atoms with Gasteiger partial charge in [-0.1, -0.05) is 29.8 Å². The highest BCUT2D eigenvalue weighted by Gasteiger charge is 2.57. The summed E-state index contributed by atoms with van der Waals surface area (Å²) in [6.07, 6.45) is 4.37. The van der Waals surface area contributed by atoms with Crippen LogP contribution in [0, 0.1) is 18.3 Å². The smallest absolute Gasteiger partial charge is 0.223 e. The lowest BCUT2D eigenvalue weighted by atomic mass is 9.92. The van der Waals surface area contributed by atoms with E-state index in [-0.39, 0.29) is 24.2 Å². The Morgan fingerprint density at radius 3 is 2.86 bits per heavy atom. The Labute approximate surface area is 133 Å². The van der Waals surface area contributed by atoms with E-state index in [2.05, 4.69) is 41.8 Å². The number of hydrogen-bond acceptors (Lipinski definition) is 2. The van der Waals surface area contributed by atoms with Crippen molar-refractivity contribution in [3.63, 3.8) is 0 Å². The largest absolute Gasteiger partial charge is 0.356 e. The summed E-state index contributed by atoms with van der Waals surface area (Å²) in [6.45, 7) is 5.01. The molecule has 1 aromatic carbocycles. The summed E-state index contributed by atoms with van der Waals surface area (Å²) >= 11 is 0. The number of nitrogens with one attached hydrogen (secondary N) is 2. The molecule has 1 saturated heterocycles. The maximum Gasteiger partial charge on any atom is 0.223 e. The second-order valence-corrected chi connectivity index (χ2v) is 6.40. The second-order valence-electron chi connectivity index (χ2n) is 6.40. The van der Waals surface area contributed by atoms with E-state index < -0.39 is 0 Å². The van der Waals surface area contributed by atoms with E-state index in [1.807, 2.05) is 0 Å². The minimum absolute atomic E-state index is 0. The molecule has 0 aromatic heterocycles. The number of hydrogen-bond donors (Lipinski definition) is 2. The van der Waals surface area contributed by atoms with Gasteiger partial charge >= 0.3 is 0 Å². The van der Waals surface area contributed by atoms with Crippen molar-refractivity contribution in [1.82, 2.24) is 10.6 Å². The van der Waals surface area contributed by atoms with E-state index in [9.17, 15) is 4.79 Å². The van der Waals surface area contributed by atoms with Crippen LogP contribution in [0.4, 0.5) is 0 Å². The zero-order valence-electron chi connectivity index (χ0n) is 12.7. The van der Waals surface area contributed by atoms with Crippen LogP contribution < -0.4 is 10.6 Å². The van der Waals surface area contributed by atoms with Crippen molar-refractivity contribution in [2.45, 2.75) is 32.6 Å². The molecule has 1 atom stereocenters. The van der Waals surface area contributed by atoms with Crippen LogP contribution in [-0.4, -0.2) is 25.5 Å². The monoisotopic (exact) mass is 308 g/mol. The van der Waals surface area contributed by atoms with Gasteiger partial charge in [0, 0.05) is 12.5 Å². The van der Waals surface area contributed by atoms with E-state index in [1.54, 1.807) is 0 Å². The Morgan fingerprint density at radius 2 is 2.14 bits per heavy atom. The van der Waals surface area contributed by atoms with Crippen LogP contribution in [0.2, 0.25) is 0 Å². The predicted octanol–water partition coefficient (Wildman–Crippen LogP) is 2.47. The van der Waals surface area contributed by atoms with Crippen LogP contribution >= 0.6 is 12.4 Å². The van der Waals surface area contributed by atoms with Crippen LogP contribution in [0.1, 0.15) is 30.4 Å². The third-order valence-corrected chi connectivity index (χ3v) is 4.90. The van der Waals surface area contributed by atoms with Gasteiger partial charge in [0.05, 0.1) is 0 Å². The molecule has 2 fully saturated rings. The van der Waals surface area contributed by atoms with Crippen LogP contribution in [-0.2, 0) is 11.2 Å². The van der Waals surface area contributed by atoms with E-state index in [1.165, 1.54) is 24.0 Å². The van der Waals surface area contributed by atoms with Crippen molar-refractivity contribution in [1.29, 1.82) is 0 Å². The van der Waals surface area contributed by atoms with Gasteiger partial charge in [-0.3, -0.25) is 4.79 Å². The number of carbonyl (C=O) groups is 1. The number of aryl methyl sites for hydroxylation is 1. The molecule has 21 heavy (non-hydrogen) atoms. The maximum atomic E-state index is 12.2. The molecular formula is C17H25ClN2O. The van der Waals surface area contributed by atoms with Gasteiger partial charge in [0.1, 0.15) is 0 Å². The number of piperidine rings is 1. The topological polar surface area (TPSA) is 41.1 Å². The molecule has 2 aliphatic rings. The molecule has 1 heterocycles. The van der Waals surface area contributed by atoms with Crippen LogP contribution in [0.3, 0.4) is 0 Å². The summed E-state index contributed by atoms with van der Waals surface area (Å²) in [7, 11) is 0. The fourth-order valence-corrected chi connectivity index (χ4v) is 3.52. The molecule has 4 heteroatoms. The summed E-state index contributed by atoms with van der Waals surface area (Å²) in [5, 5.41) is 6.50. The fraction of sp³-hybridized carbons (Fsp3) is 0.588. The maximum absolute atomic E-state index is 12.2. The first-order chi connectivity index (χ1) is 9.70. The lowest BCUT2D eigenvalue weighted by Gasteiger charge is -2.23. The van der Waals surface area contributed by atoms with Crippen LogP contribution in [0.15, 0.2) is 24.3 Å². The van der Waals surface area contributed by atoms with E-state index in [0.717, 1.165) is 32.5 Å². The first-order valence-electron chi connectivity index (χ1n) is 7.74. The molecule has 3 rings (SSSR count). The lowest BCUT2D eigenvalue weighted by molar-refractivity contribution is -0.123. The SMILES string of the molecule is Cc1cccc(CCNC(=O)C2CC23CCNCC3)c1.Cl. The molecule has 1 aliphatic heterocycles.